The van der Waals surface area contributed by atoms with Crippen LogP contribution in [-0.2, 0) is 13.1 Å². The average Bonchev–Trinajstić information content (AvgIpc) is 2.81. The molecular weight excluding hydrogens is 438 g/mol. The van der Waals surface area contributed by atoms with Crippen LogP contribution in [0.2, 0.25) is 0 Å². The Morgan fingerprint density at radius 3 is 2.48 bits per heavy atom. The van der Waals surface area contributed by atoms with Gasteiger partial charge in [-0.15, -0.1) is 0 Å². The lowest BCUT2D eigenvalue weighted by atomic mass is 10.1. The zero-order valence-electron chi connectivity index (χ0n) is 19.1. The molecule has 1 aromatic heterocycles. The smallest absolute Gasteiger partial charge is 0.253 e. The van der Waals surface area contributed by atoms with E-state index in [2.05, 4.69) is 24.1 Å². The van der Waals surface area contributed by atoms with Gasteiger partial charge < -0.3 is 29.4 Å². The number of hydrogen-bond acceptors (Lipinski definition) is 5. The van der Waals surface area contributed by atoms with E-state index in [0.717, 1.165) is 28.8 Å². The number of H-pyrrole nitrogens is 1. The Morgan fingerprint density at radius 1 is 1.12 bits per heavy atom. The van der Waals surface area contributed by atoms with E-state index in [9.17, 15) is 4.79 Å². The molecule has 0 aliphatic carbocycles. The molecule has 4 rings (SSSR count). The third-order valence-corrected chi connectivity index (χ3v) is 5.83. The van der Waals surface area contributed by atoms with E-state index in [4.69, 9.17) is 26.4 Å². The maximum Gasteiger partial charge on any atom is 0.253 e. The second kappa shape index (κ2) is 10.1. The van der Waals surface area contributed by atoms with Crippen LogP contribution in [-0.4, -0.2) is 41.9 Å². The van der Waals surface area contributed by atoms with Gasteiger partial charge in [0.2, 0.25) is 0 Å². The summed E-state index contributed by atoms with van der Waals surface area (Å²) in [7, 11) is 1.65. The number of aromatic amines is 1. The molecule has 3 aromatic rings. The van der Waals surface area contributed by atoms with Crippen LogP contribution in [0.5, 0.6) is 17.2 Å². The van der Waals surface area contributed by atoms with Crippen LogP contribution in [0.3, 0.4) is 0 Å². The van der Waals surface area contributed by atoms with E-state index in [1.54, 1.807) is 7.11 Å². The lowest BCUT2D eigenvalue weighted by Gasteiger charge is -2.27. The minimum atomic E-state index is -0.148. The highest BCUT2D eigenvalue weighted by molar-refractivity contribution is 7.80. The molecule has 0 radical (unpaired) electrons. The SMILES string of the molecule is COc1ccc(CN(Cc2cc3cc4c(cc3[nH]c2=O)OCCO4)C(=S)NCC(C)C)cc1. The summed E-state index contributed by atoms with van der Waals surface area (Å²) in [6, 6.07) is 13.5. The number of thiocarbonyl (C=S) groups is 1. The van der Waals surface area contributed by atoms with E-state index in [1.807, 2.05) is 47.4 Å². The maximum atomic E-state index is 12.9. The van der Waals surface area contributed by atoms with Gasteiger partial charge >= 0.3 is 0 Å². The summed E-state index contributed by atoms with van der Waals surface area (Å²) in [5.74, 6) is 2.59. The largest absolute Gasteiger partial charge is 0.497 e. The Kier molecular flexibility index (Phi) is 7.03. The number of ether oxygens (including phenoxy) is 3. The van der Waals surface area contributed by atoms with Gasteiger partial charge in [-0.1, -0.05) is 26.0 Å². The van der Waals surface area contributed by atoms with Crippen LogP contribution in [0.15, 0.2) is 47.3 Å². The molecule has 2 N–H and O–H groups in total. The number of pyridine rings is 1. The first kappa shape index (κ1) is 22.9. The number of methoxy groups -OCH3 is 1. The van der Waals surface area contributed by atoms with Crippen molar-refractivity contribution in [2.24, 2.45) is 5.92 Å². The van der Waals surface area contributed by atoms with E-state index >= 15 is 0 Å². The molecule has 0 atom stereocenters. The van der Waals surface area contributed by atoms with Crippen molar-refractivity contribution in [1.82, 2.24) is 15.2 Å². The minimum Gasteiger partial charge on any atom is -0.497 e. The fraction of sp³-hybridized carbons (Fsp3) is 0.360. The van der Waals surface area contributed by atoms with E-state index in [0.29, 0.717) is 54.4 Å². The molecule has 0 saturated carbocycles. The van der Waals surface area contributed by atoms with Crippen molar-refractivity contribution in [1.29, 1.82) is 0 Å². The second-order valence-electron chi connectivity index (χ2n) is 8.49. The highest BCUT2D eigenvalue weighted by atomic mass is 32.1. The number of nitrogens with one attached hydrogen (secondary N) is 2. The van der Waals surface area contributed by atoms with Crippen LogP contribution in [0, 0.1) is 5.92 Å². The van der Waals surface area contributed by atoms with Gasteiger partial charge in [0.05, 0.1) is 19.2 Å². The van der Waals surface area contributed by atoms with Crippen molar-refractivity contribution in [2.45, 2.75) is 26.9 Å². The molecule has 2 heterocycles. The Hall–Kier alpha value is -3.26. The number of fused-ring (bicyclic) bond motifs is 2. The lowest BCUT2D eigenvalue weighted by Crippen LogP contribution is -2.41. The number of hydrogen-bond donors (Lipinski definition) is 2. The van der Waals surface area contributed by atoms with Gasteiger partial charge in [-0.2, -0.15) is 0 Å². The molecule has 1 aliphatic rings. The molecule has 0 fully saturated rings. The highest BCUT2D eigenvalue weighted by Crippen LogP contribution is 2.33. The molecule has 0 spiro atoms. The second-order valence-corrected chi connectivity index (χ2v) is 8.88. The van der Waals surface area contributed by atoms with E-state index in [1.165, 1.54) is 0 Å². The molecular formula is C25H29N3O4S. The zero-order valence-corrected chi connectivity index (χ0v) is 20.0. The number of aromatic nitrogens is 1. The van der Waals surface area contributed by atoms with Gasteiger partial charge in [-0.25, -0.2) is 0 Å². The van der Waals surface area contributed by atoms with Gasteiger partial charge in [0.25, 0.3) is 5.56 Å². The third kappa shape index (κ3) is 5.57. The summed E-state index contributed by atoms with van der Waals surface area (Å²) in [5, 5.41) is 4.83. The fourth-order valence-electron chi connectivity index (χ4n) is 3.67. The van der Waals surface area contributed by atoms with Gasteiger partial charge in [0.1, 0.15) is 19.0 Å². The third-order valence-electron chi connectivity index (χ3n) is 5.43. The van der Waals surface area contributed by atoms with Gasteiger partial charge in [-0.05, 0) is 48.0 Å². The predicted molar refractivity (Wildman–Crippen MR) is 133 cm³/mol. The molecule has 0 bridgehead atoms. The first-order valence-corrected chi connectivity index (χ1v) is 11.4. The lowest BCUT2D eigenvalue weighted by molar-refractivity contribution is 0.172. The first-order valence-electron chi connectivity index (χ1n) is 11.0. The summed E-state index contributed by atoms with van der Waals surface area (Å²) < 4.78 is 16.6. The average molecular weight is 468 g/mol. The molecule has 8 heteroatoms. The van der Waals surface area contributed by atoms with Crippen molar-refractivity contribution in [3.8, 4) is 17.2 Å². The molecule has 7 nitrogen and oxygen atoms in total. The zero-order chi connectivity index (χ0) is 23.4. The number of nitrogens with zero attached hydrogens (tertiary/aromatic N) is 1. The molecule has 1 aliphatic heterocycles. The Morgan fingerprint density at radius 2 is 1.82 bits per heavy atom. The molecule has 0 saturated heterocycles. The van der Waals surface area contributed by atoms with Crippen LogP contribution in [0.1, 0.15) is 25.0 Å². The molecule has 2 aromatic carbocycles. The van der Waals surface area contributed by atoms with Crippen LogP contribution in [0.4, 0.5) is 0 Å². The molecule has 174 valence electrons. The topological polar surface area (TPSA) is 75.8 Å². The minimum absolute atomic E-state index is 0.148. The molecule has 33 heavy (non-hydrogen) atoms. The Labute approximate surface area is 198 Å². The molecule has 0 unspecified atom stereocenters. The summed E-state index contributed by atoms with van der Waals surface area (Å²) in [5.41, 5.74) is 2.27. The number of rotatable bonds is 7. The summed E-state index contributed by atoms with van der Waals surface area (Å²) in [6.45, 7) is 6.97. The van der Waals surface area contributed by atoms with Crippen LogP contribution < -0.4 is 25.1 Å². The van der Waals surface area contributed by atoms with Gasteiger partial charge in [0, 0.05) is 30.1 Å². The van der Waals surface area contributed by atoms with Gasteiger partial charge in [-0.3, -0.25) is 4.79 Å². The van der Waals surface area contributed by atoms with Crippen molar-refractivity contribution < 1.29 is 14.2 Å². The summed E-state index contributed by atoms with van der Waals surface area (Å²) >= 11 is 5.70. The summed E-state index contributed by atoms with van der Waals surface area (Å²) in [6.07, 6.45) is 0. The fourth-order valence-corrected chi connectivity index (χ4v) is 3.88. The Balaban J connectivity index is 1.62. The van der Waals surface area contributed by atoms with E-state index < -0.39 is 0 Å². The predicted octanol–water partition coefficient (Wildman–Crippen LogP) is 3.84. The van der Waals surface area contributed by atoms with Crippen LogP contribution in [0.25, 0.3) is 10.9 Å². The van der Waals surface area contributed by atoms with Crippen molar-refractivity contribution in [3.63, 3.8) is 0 Å². The summed E-state index contributed by atoms with van der Waals surface area (Å²) in [4.78, 5) is 17.9. The highest BCUT2D eigenvalue weighted by Gasteiger charge is 2.17. The molecule has 0 amide bonds. The standard InChI is InChI=1S/C25H29N3O4S/c1-16(2)13-26-25(33)28(14-17-4-6-20(30-3)7-5-17)15-19-10-18-11-22-23(32-9-8-31-22)12-21(18)27-24(19)29/h4-7,10-12,16H,8-9,13-15H2,1-3H3,(H,26,33)(H,27,29). The van der Waals surface area contributed by atoms with E-state index in [-0.39, 0.29) is 5.56 Å². The maximum absolute atomic E-state index is 12.9. The van der Waals surface area contributed by atoms with Crippen molar-refractivity contribution >= 4 is 28.2 Å². The van der Waals surface area contributed by atoms with Crippen molar-refractivity contribution in [2.75, 3.05) is 26.9 Å². The van der Waals surface area contributed by atoms with Crippen molar-refractivity contribution in [3.05, 3.63) is 63.9 Å². The number of benzene rings is 2. The quantitative estimate of drug-likeness (QED) is 0.512. The normalized spacial score (nSPS) is 12.6. The van der Waals surface area contributed by atoms with Gasteiger partial charge in [0.15, 0.2) is 16.6 Å². The van der Waals surface area contributed by atoms with Crippen LogP contribution >= 0.6 is 12.2 Å². The monoisotopic (exact) mass is 467 g/mol. The first-order chi connectivity index (χ1) is 15.9. The Bertz CT molecular complexity index is 1190.